The summed E-state index contributed by atoms with van der Waals surface area (Å²) in [7, 11) is 0. The lowest BCUT2D eigenvalue weighted by Gasteiger charge is -2.30. The van der Waals surface area contributed by atoms with E-state index in [1.54, 1.807) is 6.26 Å². The van der Waals surface area contributed by atoms with E-state index >= 15 is 0 Å². The molecule has 0 saturated heterocycles. The minimum absolute atomic E-state index is 0.0296. The van der Waals surface area contributed by atoms with Gasteiger partial charge in [-0.1, -0.05) is 0 Å². The number of carbonyl (C=O) groups is 2. The van der Waals surface area contributed by atoms with Crippen LogP contribution in [-0.2, 0) is 22.4 Å². The van der Waals surface area contributed by atoms with E-state index in [4.69, 9.17) is 4.42 Å². The van der Waals surface area contributed by atoms with Crippen molar-refractivity contribution in [2.24, 2.45) is 5.92 Å². The standard InChI is InChI=1S/C20H22N2O3/c23-19(10-8-17-4-2-12-25-17)21-16-7-9-18-15(13-16)3-1-11-22(18)20(24)14-5-6-14/h2,4,7,9,12-14H,1,3,5-6,8,10-11H2,(H,21,23). The predicted molar refractivity (Wildman–Crippen MR) is 95.5 cm³/mol. The molecule has 25 heavy (non-hydrogen) atoms. The van der Waals surface area contributed by atoms with Crippen LogP contribution in [0.4, 0.5) is 11.4 Å². The number of hydrogen-bond acceptors (Lipinski definition) is 3. The first-order chi connectivity index (χ1) is 12.2. The van der Waals surface area contributed by atoms with Gasteiger partial charge in [-0.3, -0.25) is 9.59 Å². The summed E-state index contributed by atoms with van der Waals surface area (Å²) in [5, 5.41) is 2.95. The Morgan fingerprint density at radius 3 is 2.88 bits per heavy atom. The van der Waals surface area contributed by atoms with E-state index in [1.165, 1.54) is 0 Å². The van der Waals surface area contributed by atoms with Crippen molar-refractivity contribution in [1.29, 1.82) is 0 Å². The third kappa shape index (κ3) is 3.60. The second-order valence-corrected chi connectivity index (χ2v) is 6.84. The molecular weight excluding hydrogens is 316 g/mol. The van der Waals surface area contributed by atoms with E-state index in [-0.39, 0.29) is 17.7 Å². The topological polar surface area (TPSA) is 62.6 Å². The van der Waals surface area contributed by atoms with Crippen LogP contribution >= 0.6 is 0 Å². The lowest BCUT2D eigenvalue weighted by molar-refractivity contribution is -0.120. The number of benzene rings is 1. The summed E-state index contributed by atoms with van der Waals surface area (Å²) in [6.07, 6.45) is 6.56. The van der Waals surface area contributed by atoms with Gasteiger partial charge in [0.2, 0.25) is 11.8 Å². The second-order valence-electron chi connectivity index (χ2n) is 6.84. The van der Waals surface area contributed by atoms with Gasteiger partial charge in [0.1, 0.15) is 5.76 Å². The molecule has 2 aliphatic rings. The molecule has 4 rings (SSSR count). The van der Waals surface area contributed by atoms with Gasteiger partial charge in [0.15, 0.2) is 0 Å². The van der Waals surface area contributed by atoms with Gasteiger partial charge in [-0.15, -0.1) is 0 Å². The molecule has 1 aromatic heterocycles. The summed E-state index contributed by atoms with van der Waals surface area (Å²) in [5.41, 5.74) is 2.95. The molecule has 130 valence electrons. The Bertz CT molecular complexity index is 778. The van der Waals surface area contributed by atoms with Crippen molar-refractivity contribution in [3.8, 4) is 0 Å². The third-order valence-corrected chi connectivity index (χ3v) is 4.85. The van der Waals surface area contributed by atoms with Crippen LogP contribution in [0.2, 0.25) is 0 Å². The van der Waals surface area contributed by atoms with Gasteiger partial charge in [0.05, 0.1) is 6.26 Å². The fourth-order valence-corrected chi connectivity index (χ4v) is 3.37. The number of hydrogen-bond donors (Lipinski definition) is 1. The quantitative estimate of drug-likeness (QED) is 0.907. The van der Waals surface area contributed by atoms with Gasteiger partial charge >= 0.3 is 0 Å². The number of rotatable bonds is 5. The molecule has 0 bridgehead atoms. The molecule has 0 spiro atoms. The number of aryl methyl sites for hydroxylation is 2. The zero-order valence-corrected chi connectivity index (χ0v) is 14.2. The molecule has 0 atom stereocenters. The number of carbonyl (C=O) groups excluding carboxylic acids is 2. The lowest BCUT2D eigenvalue weighted by Crippen LogP contribution is -2.36. The van der Waals surface area contributed by atoms with Crippen LogP contribution in [0.3, 0.4) is 0 Å². The van der Waals surface area contributed by atoms with E-state index in [1.807, 2.05) is 35.2 Å². The molecule has 1 aliphatic heterocycles. The van der Waals surface area contributed by atoms with Crippen LogP contribution in [0, 0.1) is 5.92 Å². The van der Waals surface area contributed by atoms with Crippen molar-refractivity contribution in [3.63, 3.8) is 0 Å². The van der Waals surface area contributed by atoms with Gasteiger partial charge in [-0.25, -0.2) is 0 Å². The average molecular weight is 338 g/mol. The molecule has 2 amide bonds. The Morgan fingerprint density at radius 2 is 2.12 bits per heavy atom. The van der Waals surface area contributed by atoms with Crippen molar-refractivity contribution in [2.45, 2.75) is 38.5 Å². The minimum Gasteiger partial charge on any atom is -0.469 e. The molecule has 1 saturated carbocycles. The van der Waals surface area contributed by atoms with Crippen LogP contribution in [0.1, 0.15) is 37.0 Å². The zero-order chi connectivity index (χ0) is 17.2. The molecule has 1 fully saturated rings. The normalized spacial score (nSPS) is 16.4. The first-order valence-electron chi connectivity index (χ1n) is 8.97. The first kappa shape index (κ1) is 15.9. The SMILES string of the molecule is O=C(CCc1ccco1)Nc1ccc2c(c1)CCCN2C(=O)C1CC1. The molecule has 1 N–H and O–H groups in total. The Morgan fingerprint density at radius 1 is 1.24 bits per heavy atom. The molecule has 0 unspecified atom stereocenters. The molecule has 1 aromatic carbocycles. The third-order valence-electron chi connectivity index (χ3n) is 4.85. The van der Waals surface area contributed by atoms with E-state index in [0.717, 1.165) is 54.9 Å². The number of amides is 2. The Labute approximate surface area is 147 Å². The monoisotopic (exact) mass is 338 g/mol. The Kier molecular flexibility index (Phi) is 4.30. The summed E-state index contributed by atoms with van der Waals surface area (Å²) in [5.74, 6) is 1.27. The van der Waals surface area contributed by atoms with E-state index in [0.29, 0.717) is 12.8 Å². The van der Waals surface area contributed by atoms with Crippen LogP contribution in [0.25, 0.3) is 0 Å². The molecule has 2 aromatic rings. The largest absolute Gasteiger partial charge is 0.469 e. The fourth-order valence-electron chi connectivity index (χ4n) is 3.37. The van der Waals surface area contributed by atoms with Crippen molar-refractivity contribution in [1.82, 2.24) is 0 Å². The number of furan rings is 1. The van der Waals surface area contributed by atoms with Crippen LogP contribution in [-0.4, -0.2) is 18.4 Å². The number of nitrogens with one attached hydrogen (secondary N) is 1. The smallest absolute Gasteiger partial charge is 0.230 e. The van der Waals surface area contributed by atoms with Crippen molar-refractivity contribution in [3.05, 3.63) is 47.9 Å². The molecule has 2 heterocycles. The Balaban J connectivity index is 1.41. The molecule has 1 aliphatic carbocycles. The van der Waals surface area contributed by atoms with Crippen molar-refractivity contribution >= 4 is 23.2 Å². The van der Waals surface area contributed by atoms with Gasteiger partial charge in [-0.05, 0) is 61.6 Å². The molecular formula is C20H22N2O3. The predicted octanol–water partition coefficient (Wildman–Crippen LogP) is 3.54. The summed E-state index contributed by atoms with van der Waals surface area (Å²) >= 11 is 0. The van der Waals surface area contributed by atoms with E-state index in [2.05, 4.69) is 5.32 Å². The van der Waals surface area contributed by atoms with E-state index < -0.39 is 0 Å². The highest BCUT2D eigenvalue weighted by molar-refractivity contribution is 5.98. The van der Waals surface area contributed by atoms with Crippen molar-refractivity contribution < 1.29 is 14.0 Å². The van der Waals surface area contributed by atoms with Gasteiger partial charge in [-0.2, -0.15) is 0 Å². The fraction of sp³-hybridized carbons (Fsp3) is 0.400. The summed E-state index contributed by atoms with van der Waals surface area (Å²) in [4.78, 5) is 26.5. The van der Waals surface area contributed by atoms with Crippen LogP contribution in [0.5, 0.6) is 0 Å². The second kappa shape index (κ2) is 6.75. The highest BCUT2D eigenvalue weighted by Gasteiger charge is 2.35. The highest BCUT2D eigenvalue weighted by Crippen LogP contribution is 2.36. The van der Waals surface area contributed by atoms with Gasteiger partial charge in [0, 0.05) is 36.7 Å². The number of fused-ring (bicyclic) bond motifs is 1. The number of nitrogens with zero attached hydrogens (tertiary/aromatic N) is 1. The van der Waals surface area contributed by atoms with Crippen LogP contribution in [0.15, 0.2) is 41.0 Å². The maximum absolute atomic E-state index is 12.4. The summed E-state index contributed by atoms with van der Waals surface area (Å²) < 4.78 is 5.25. The van der Waals surface area contributed by atoms with E-state index in [9.17, 15) is 9.59 Å². The maximum atomic E-state index is 12.4. The molecule has 0 radical (unpaired) electrons. The van der Waals surface area contributed by atoms with Crippen molar-refractivity contribution in [2.75, 3.05) is 16.8 Å². The zero-order valence-electron chi connectivity index (χ0n) is 14.2. The highest BCUT2D eigenvalue weighted by atomic mass is 16.3. The first-order valence-corrected chi connectivity index (χ1v) is 8.97. The summed E-state index contributed by atoms with van der Waals surface area (Å²) in [6, 6.07) is 9.56. The maximum Gasteiger partial charge on any atom is 0.230 e. The van der Waals surface area contributed by atoms with Gasteiger partial charge in [0.25, 0.3) is 0 Å². The minimum atomic E-state index is -0.0296. The molecule has 5 nitrogen and oxygen atoms in total. The number of anilines is 2. The van der Waals surface area contributed by atoms with Crippen LogP contribution < -0.4 is 10.2 Å². The average Bonchev–Trinajstić information content (AvgIpc) is 3.34. The molecule has 5 heteroatoms. The summed E-state index contributed by atoms with van der Waals surface area (Å²) in [6.45, 7) is 0.803. The lowest BCUT2D eigenvalue weighted by atomic mass is 10.0. The Hall–Kier alpha value is -2.56. The van der Waals surface area contributed by atoms with Gasteiger partial charge < -0.3 is 14.6 Å².